The minimum Gasteiger partial charge on any atom is -0.481 e. The minimum absolute atomic E-state index is 0.300. The topological polar surface area (TPSA) is 81.4 Å². The van der Waals surface area contributed by atoms with Crippen LogP contribution in [-0.2, 0) is 4.79 Å². The lowest BCUT2D eigenvalue weighted by Gasteiger charge is -2.14. The zero-order valence-corrected chi connectivity index (χ0v) is 13.3. The van der Waals surface area contributed by atoms with Crippen LogP contribution in [-0.4, -0.2) is 17.0 Å². The van der Waals surface area contributed by atoms with E-state index in [1.807, 2.05) is 6.92 Å². The van der Waals surface area contributed by atoms with Crippen LogP contribution < -0.4 is 15.7 Å². The van der Waals surface area contributed by atoms with Gasteiger partial charge in [0.15, 0.2) is 11.2 Å². The fraction of sp³-hybridized carbons (Fsp3) is 0.188. The molecule has 1 aromatic carbocycles. The van der Waals surface area contributed by atoms with Crippen molar-refractivity contribution >= 4 is 33.3 Å². The van der Waals surface area contributed by atoms with Crippen LogP contribution in [0.15, 0.2) is 45.1 Å². The van der Waals surface area contributed by atoms with Crippen LogP contribution in [0.5, 0.6) is 5.75 Å². The summed E-state index contributed by atoms with van der Waals surface area (Å²) in [6.45, 7) is 3.48. The number of fused-ring (bicyclic) bond motifs is 1. The number of carbonyl (C=O) groups is 1. The molecule has 1 amide bonds. The molecule has 0 saturated heterocycles. The third-order valence-corrected chi connectivity index (χ3v) is 3.96. The van der Waals surface area contributed by atoms with Gasteiger partial charge in [-0.1, -0.05) is 0 Å². The van der Waals surface area contributed by atoms with Gasteiger partial charge in [-0.2, -0.15) is 0 Å². The summed E-state index contributed by atoms with van der Waals surface area (Å²) in [7, 11) is 0. The molecule has 2 aromatic heterocycles. The van der Waals surface area contributed by atoms with E-state index in [9.17, 15) is 9.59 Å². The molecule has 0 saturated carbocycles. The molecule has 0 unspecified atom stereocenters. The highest BCUT2D eigenvalue weighted by molar-refractivity contribution is 7.13. The van der Waals surface area contributed by atoms with Crippen LogP contribution in [0.25, 0.3) is 11.0 Å². The Balaban J connectivity index is 1.78. The molecule has 118 valence electrons. The number of aromatic nitrogens is 1. The Morgan fingerprint density at radius 1 is 1.39 bits per heavy atom. The fourth-order valence-corrected chi connectivity index (χ4v) is 2.66. The summed E-state index contributed by atoms with van der Waals surface area (Å²) < 4.78 is 10.8. The molecule has 3 aromatic rings. The Morgan fingerprint density at radius 2 is 2.22 bits per heavy atom. The Hall–Kier alpha value is -2.67. The first kappa shape index (κ1) is 15.2. The second kappa shape index (κ2) is 6.21. The molecule has 6 nitrogen and oxygen atoms in total. The molecule has 23 heavy (non-hydrogen) atoms. The van der Waals surface area contributed by atoms with Crippen molar-refractivity contribution in [1.29, 1.82) is 0 Å². The number of hydrogen-bond acceptors (Lipinski definition) is 6. The van der Waals surface area contributed by atoms with Crippen LogP contribution in [0.3, 0.4) is 0 Å². The SMILES string of the molecule is Cc1cc(=O)oc2cc(O[C@@H](C)C(=O)Nc3nccs3)ccc12. The maximum absolute atomic E-state index is 12.0. The smallest absolute Gasteiger partial charge is 0.336 e. The van der Waals surface area contributed by atoms with E-state index in [0.717, 1.165) is 10.9 Å². The molecule has 1 N–H and O–H groups in total. The lowest BCUT2D eigenvalue weighted by Crippen LogP contribution is -2.30. The number of aryl methyl sites for hydroxylation is 1. The van der Waals surface area contributed by atoms with E-state index in [1.54, 1.807) is 36.7 Å². The quantitative estimate of drug-likeness (QED) is 0.744. The summed E-state index contributed by atoms with van der Waals surface area (Å²) in [6, 6.07) is 6.58. The molecule has 7 heteroatoms. The molecule has 0 spiro atoms. The number of amides is 1. The van der Waals surface area contributed by atoms with Crippen molar-refractivity contribution in [2.75, 3.05) is 5.32 Å². The van der Waals surface area contributed by atoms with Crippen molar-refractivity contribution in [1.82, 2.24) is 4.98 Å². The van der Waals surface area contributed by atoms with E-state index < -0.39 is 11.7 Å². The molecular weight excluding hydrogens is 316 g/mol. The van der Waals surface area contributed by atoms with Gasteiger partial charge >= 0.3 is 5.63 Å². The minimum atomic E-state index is -0.715. The van der Waals surface area contributed by atoms with E-state index >= 15 is 0 Å². The van der Waals surface area contributed by atoms with Crippen LogP contribution >= 0.6 is 11.3 Å². The number of carbonyl (C=O) groups excluding carboxylic acids is 1. The van der Waals surface area contributed by atoms with E-state index in [2.05, 4.69) is 10.3 Å². The van der Waals surface area contributed by atoms with Crippen molar-refractivity contribution in [3.05, 3.63) is 51.8 Å². The van der Waals surface area contributed by atoms with Gasteiger partial charge in [0, 0.05) is 29.1 Å². The Bertz CT molecular complexity index is 902. The first-order valence-corrected chi connectivity index (χ1v) is 7.82. The van der Waals surface area contributed by atoms with Crippen LogP contribution in [0.4, 0.5) is 5.13 Å². The number of nitrogens with one attached hydrogen (secondary N) is 1. The number of hydrogen-bond donors (Lipinski definition) is 1. The third kappa shape index (κ3) is 3.40. The van der Waals surface area contributed by atoms with Crippen molar-refractivity contribution < 1.29 is 13.9 Å². The van der Waals surface area contributed by atoms with Gasteiger partial charge in [0.25, 0.3) is 5.91 Å². The predicted molar refractivity (Wildman–Crippen MR) is 88.1 cm³/mol. The van der Waals surface area contributed by atoms with Gasteiger partial charge in [0.2, 0.25) is 0 Å². The molecular formula is C16H14N2O4S. The van der Waals surface area contributed by atoms with Crippen molar-refractivity contribution in [3.63, 3.8) is 0 Å². The number of anilines is 1. The number of ether oxygens (including phenoxy) is 1. The van der Waals surface area contributed by atoms with Crippen molar-refractivity contribution in [2.24, 2.45) is 0 Å². The molecule has 3 rings (SSSR count). The molecule has 0 aliphatic rings. The number of thiazole rings is 1. The van der Waals surface area contributed by atoms with Crippen LogP contribution in [0.1, 0.15) is 12.5 Å². The molecule has 0 radical (unpaired) electrons. The van der Waals surface area contributed by atoms with E-state index in [4.69, 9.17) is 9.15 Å². The lowest BCUT2D eigenvalue weighted by atomic mass is 10.1. The highest BCUT2D eigenvalue weighted by Gasteiger charge is 2.16. The van der Waals surface area contributed by atoms with Gasteiger partial charge in [0.05, 0.1) is 0 Å². The van der Waals surface area contributed by atoms with Gasteiger partial charge in [0.1, 0.15) is 11.3 Å². The average Bonchev–Trinajstić information content (AvgIpc) is 2.99. The highest BCUT2D eigenvalue weighted by Crippen LogP contribution is 2.23. The first-order valence-electron chi connectivity index (χ1n) is 6.94. The van der Waals surface area contributed by atoms with Gasteiger partial charge in [-0.25, -0.2) is 9.78 Å². The van der Waals surface area contributed by atoms with E-state index in [-0.39, 0.29) is 5.91 Å². The fourth-order valence-electron chi connectivity index (χ4n) is 2.13. The van der Waals surface area contributed by atoms with E-state index in [0.29, 0.717) is 16.5 Å². The summed E-state index contributed by atoms with van der Waals surface area (Å²) in [5.41, 5.74) is 0.846. The normalized spacial score (nSPS) is 12.1. The maximum atomic E-state index is 12.0. The van der Waals surface area contributed by atoms with Gasteiger partial charge in [-0.3, -0.25) is 10.1 Å². The summed E-state index contributed by atoms with van der Waals surface area (Å²) in [4.78, 5) is 27.5. The largest absolute Gasteiger partial charge is 0.481 e. The summed E-state index contributed by atoms with van der Waals surface area (Å²) in [6.07, 6.45) is 0.896. The molecule has 0 aliphatic carbocycles. The predicted octanol–water partition coefficient (Wildman–Crippen LogP) is 2.96. The first-order chi connectivity index (χ1) is 11.0. The highest BCUT2D eigenvalue weighted by atomic mass is 32.1. The zero-order chi connectivity index (χ0) is 16.4. The number of benzene rings is 1. The summed E-state index contributed by atoms with van der Waals surface area (Å²) >= 11 is 1.33. The average molecular weight is 330 g/mol. The van der Waals surface area contributed by atoms with Crippen molar-refractivity contribution in [3.8, 4) is 5.75 Å². The Kier molecular flexibility index (Phi) is 4.12. The molecule has 0 fully saturated rings. The molecule has 0 bridgehead atoms. The number of nitrogens with zero attached hydrogens (tertiary/aromatic N) is 1. The van der Waals surface area contributed by atoms with Gasteiger partial charge < -0.3 is 9.15 Å². The zero-order valence-electron chi connectivity index (χ0n) is 12.5. The summed E-state index contributed by atoms with van der Waals surface area (Å²) in [5.74, 6) is 0.152. The van der Waals surface area contributed by atoms with Crippen LogP contribution in [0, 0.1) is 6.92 Å². The second-order valence-corrected chi connectivity index (χ2v) is 5.89. The third-order valence-electron chi connectivity index (χ3n) is 3.27. The standard InChI is InChI=1S/C16H14N2O4S/c1-9-7-14(19)22-13-8-11(3-4-12(9)13)21-10(2)15(20)18-16-17-5-6-23-16/h3-8,10H,1-2H3,(H,17,18,20)/t10-/m0/s1. The van der Waals surface area contributed by atoms with Gasteiger partial charge in [-0.05, 0) is 31.5 Å². The molecule has 2 heterocycles. The number of rotatable bonds is 4. The molecule has 0 aliphatic heterocycles. The Morgan fingerprint density at radius 3 is 2.96 bits per heavy atom. The van der Waals surface area contributed by atoms with Crippen molar-refractivity contribution in [2.45, 2.75) is 20.0 Å². The lowest BCUT2D eigenvalue weighted by molar-refractivity contribution is -0.122. The summed E-state index contributed by atoms with van der Waals surface area (Å²) in [5, 5.41) is 5.79. The monoisotopic (exact) mass is 330 g/mol. The van der Waals surface area contributed by atoms with Gasteiger partial charge in [-0.15, -0.1) is 11.3 Å². The molecule has 1 atom stereocenters. The second-order valence-electron chi connectivity index (χ2n) is 4.99. The van der Waals surface area contributed by atoms with E-state index in [1.165, 1.54) is 17.4 Å². The van der Waals surface area contributed by atoms with Crippen LogP contribution in [0.2, 0.25) is 0 Å². The maximum Gasteiger partial charge on any atom is 0.336 e. The Labute approximate surface area is 135 Å².